The summed E-state index contributed by atoms with van der Waals surface area (Å²) < 4.78 is 2.23. The molecule has 0 amide bonds. The van der Waals surface area contributed by atoms with Crippen LogP contribution in [0.5, 0.6) is 0 Å². The average Bonchev–Trinajstić information content (AvgIpc) is 2.70. The number of hydrogen-bond acceptors (Lipinski definition) is 2. The number of nitrogens with zero attached hydrogens (tertiary/aromatic N) is 2. The summed E-state index contributed by atoms with van der Waals surface area (Å²) in [5.74, 6) is 1.19. The van der Waals surface area contributed by atoms with Crippen LogP contribution < -0.4 is 5.32 Å². The Balaban J connectivity index is 2.09. The second-order valence-electron chi connectivity index (χ2n) is 3.85. The molecule has 1 heterocycles. The monoisotopic (exact) mass is 209 g/mol. The van der Waals surface area contributed by atoms with Crippen molar-refractivity contribution in [2.45, 2.75) is 46.1 Å². The molecule has 3 nitrogen and oxygen atoms in total. The molecule has 1 aromatic heterocycles. The number of aromatic nitrogens is 2. The Kier molecular flexibility index (Phi) is 6.09. The Bertz CT molecular complexity index is 255. The summed E-state index contributed by atoms with van der Waals surface area (Å²) in [7, 11) is 0. The first-order valence-electron chi connectivity index (χ1n) is 6.09. The van der Waals surface area contributed by atoms with Crippen LogP contribution in [0.1, 0.15) is 38.9 Å². The van der Waals surface area contributed by atoms with Gasteiger partial charge in [0.1, 0.15) is 5.82 Å². The third-order valence-corrected chi connectivity index (χ3v) is 2.60. The molecule has 0 aliphatic carbocycles. The fourth-order valence-electron chi connectivity index (χ4n) is 1.68. The van der Waals surface area contributed by atoms with Crippen molar-refractivity contribution < 1.29 is 0 Å². The average molecular weight is 209 g/mol. The van der Waals surface area contributed by atoms with E-state index in [2.05, 4.69) is 34.9 Å². The van der Waals surface area contributed by atoms with Crippen LogP contribution in [-0.4, -0.2) is 22.6 Å². The van der Waals surface area contributed by atoms with Crippen molar-refractivity contribution in [3.8, 4) is 0 Å². The van der Waals surface area contributed by atoms with Crippen molar-refractivity contribution in [2.24, 2.45) is 0 Å². The lowest BCUT2D eigenvalue weighted by Gasteiger charge is -2.07. The molecule has 0 radical (unpaired) electrons. The fraction of sp³-hybridized carbons (Fsp3) is 0.750. The molecule has 0 unspecified atom stereocenters. The van der Waals surface area contributed by atoms with E-state index in [1.54, 1.807) is 0 Å². The molecule has 86 valence electrons. The van der Waals surface area contributed by atoms with Crippen LogP contribution >= 0.6 is 0 Å². The molecule has 0 fully saturated rings. The Labute approximate surface area is 92.9 Å². The van der Waals surface area contributed by atoms with E-state index in [9.17, 15) is 0 Å². The zero-order valence-corrected chi connectivity index (χ0v) is 10.00. The molecule has 1 N–H and O–H groups in total. The molecule has 0 saturated heterocycles. The van der Waals surface area contributed by atoms with Gasteiger partial charge in [-0.25, -0.2) is 4.98 Å². The molecule has 1 aromatic rings. The van der Waals surface area contributed by atoms with E-state index in [4.69, 9.17) is 0 Å². The number of unbranched alkanes of at least 4 members (excludes halogenated alkanes) is 2. The second kappa shape index (κ2) is 7.46. The number of hydrogen-bond donors (Lipinski definition) is 1. The Hall–Kier alpha value is -0.830. The molecule has 0 bridgehead atoms. The molecular formula is C12H23N3. The minimum Gasteiger partial charge on any atom is -0.334 e. The van der Waals surface area contributed by atoms with Gasteiger partial charge in [-0.1, -0.05) is 26.7 Å². The van der Waals surface area contributed by atoms with Gasteiger partial charge in [0.2, 0.25) is 0 Å². The lowest BCUT2D eigenvalue weighted by atomic mass is 10.2. The molecule has 3 heteroatoms. The van der Waals surface area contributed by atoms with Crippen LogP contribution in [0.15, 0.2) is 12.4 Å². The summed E-state index contributed by atoms with van der Waals surface area (Å²) in [4.78, 5) is 4.30. The lowest BCUT2D eigenvalue weighted by molar-refractivity contribution is 0.559. The van der Waals surface area contributed by atoms with Crippen molar-refractivity contribution in [1.29, 1.82) is 0 Å². The van der Waals surface area contributed by atoms with Gasteiger partial charge in [-0.15, -0.1) is 0 Å². The van der Waals surface area contributed by atoms with Gasteiger partial charge < -0.3 is 9.88 Å². The van der Waals surface area contributed by atoms with Crippen LogP contribution in [-0.2, 0) is 13.0 Å². The maximum Gasteiger partial charge on any atom is 0.108 e. The van der Waals surface area contributed by atoms with E-state index in [0.717, 1.165) is 26.1 Å². The summed E-state index contributed by atoms with van der Waals surface area (Å²) in [6, 6.07) is 0. The van der Waals surface area contributed by atoms with Crippen molar-refractivity contribution in [1.82, 2.24) is 14.9 Å². The van der Waals surface area contributed by atoms with Crippen molar-refractivity contribution in [3.63, 3.8) is 0 Å². The van der Waals surface area contributed by atoms with Gasteiger partial charge in [-0.3, -0.25) is 0 Å². The lowest BCUT2D eigenvalue weighted by Crippen LogP contribution is -2.21. The zero-order valence-electron chi connectivity index (χ0n) is 10.00. The molecule has 0 saturated carbocycles. The quantitative estimate of drug-likeness (QED) is 0.665. The smallest absolute Gasteiger partial charge is 0.108 e. The molecule has 0 aromatic carbocycles. The highest BCUT2D eigenvalue weighted by molar-refractivity contribution is 4.91. The summed E-state index contributed by atoms with van der Waals surface area (Å²) >= 11 is 0. The Morgan fingerprint density at radius 1 is 1.27 bits per heavy atom. The summed E-state index contributed by atoms with van der Waals surface area (Å²) in [6.45, 7) is 7.61. The SMILES string of the molecule is CCCCCNCCn1ccnc1CC. The number of nitrogens with one attached hydrogen (secondary N) is 1. The maximum absolute atomic E-state index is 4.30. The van der Waals surface area contributed by atoms with Gasteiger partial charge in [0.05, 0.1) is 0 Å². The van der Waals surface area contributed by atoms with E-state index in [1.807, 2.05) is 6.20 Å². The van der Waals surface area contributed by atoms with E-state index in [-0.39, 0.29) is 0 Å². The van der Waals surface area contributed by atoms with Gasteiger partial charge in [0.25, 0.3) is 0 Å². The standard InChI is InChI=1S/C12H23N3/c1-3-5-6-7-13-8-10-15-11-9-14-12(15)4-2/h9,11,13H,3-8,10H2,1-2H3. The van der Waals surface area contributed by atoms with Crippen LogP contribution in [0.4, 0.5) is 0 Å². The zero-order chi connectivity index (χ0) is 10.9. The molecule has 1 rings (SSSR count). The Morgan fingerprint density at radius 2 is 2.13 bits per heavy atom. The van der Waals surface area contributed by atoms with Crippen molar-refractivity contribution >= 4 is 0 Å². The topological polar surface area (TPSA) is 29.9 Å². The molecule has 15 heavy (non-hydrogen) atoms. The highest BCUT2D eigenvalue weighted by atomic mass is 15.1. The molecular weight excluding hydrogens is 186 g/mol. The first-order chi connectivity index (χ1) is 7.38. The first kappa shape index (κ1) is 12.2. The van der Waals surface area contributed by atoms with Crippen molar-refractivity contribution in [3.05, 3.63) is 18.2 Å². The van der Waals surface area contributed by atoms with Crippen LogP contribution in [0.25, 0.3) is 0 Å². The Morgan fingerprint density at radius 3 is 2.87 bits per heavy atom. The van der Waals surface area contributed by atoms with E-state index in [1.165, 1.54) is 25.1 Å². The van der Waals surface area contributed by atoms with Crippen molar-refractivity contribution in [2.75, 3.05) is 13.1 Å². The number of aryl methyl sites for hydroxylation is 1. The van der Waals surface area contributed by atoms with Crippen LogP contribution in [0.3, 0.4) is 0 Å². The van der Waals surface area contributed by atoms with Gasteiger partial charge in [0.15, 0.2) is 0 Å². The van der Waals surface area contributed by atoms with Gasteiger partial charge in [-0.05, 0) is 13.0 Å². The summed E-state index contributed by atoms with van der Waals surface area (Å²) in [5.41, 5.74) is 0. The summed E-state index contributed by atoms with van der Waals surface area (Å²) in [6.07, 6.45) is 8.88. The predicted octanol–water partition coefficient (Wildman–Crippen LogP) is 2.23. The second-order valence-corrected chi connectivity index (χ2v) is 3.85. The minimum atomic E-state index is 1.02. The normalized spacial score (nSPS) is 10.8. The fourth-order valence-corrected chi connectivity index (χ4v) is 1.68. The van der Waals surface area contributed by atoms with Crippen LogP contribution in [0.2, 0.25) is 0 Å². The van der Waals surface area contributed by atoms with Gasteiger partial charge in [-0.2, -0.15) is 0 Å². The van der Waals surface area contributed by atoms with E-state index < -0.39 is 0 Å². The van der Waals surface area contributed by atoms with Crippen LogP contribution in [0, 0.1) is 0 Å². The predicted molar refractivity (Wildman–Crippen MR) is 64.0 cm³/mol. The highest BCUT2D eigenvalue weighted by Gasteiger charge is 1.98. The van der Waals surface area contributed by atoms with E-state index >= 15 is 0 Å². The molecule has 0 aliphatic rings. The third kappa shape index (κ3) is 4.47. The van der Waals surface area contributed by atoms with E-state index in [0.29, 0.717) is 0 Å². The highest BCUT2D eigenvalue weighted by Crippen LogP contribution is 1.97. The maximum atomic E-state index is 4.30. The first-order valence-corrected chi connectivity index (χ1v) is 6.09. The third-order valence-electron chi connectivity index (χ3n) is 2.60. The minimum absolute atomic E-state index is 1.02. The largest absolute Gasteiger partial charge is 0.334 e. The van der Waals surface area contributed by atoms with Gasteiger partial charge >= 0.3 is 0 Å². The molecule has 0 aliphatic heterocycles. The summed E-state index contributed by atoms with van der Waals surface area (Å²) in [5, 5.41) is 3.46. The number of rotatable bonds is 8. The number of imidazole rings is 1. The molecule has 0 atom stereocenters. The van der Waals surface area contributed by atoms with Gasteiger partial charge in [0, 0.05) is 31.9 Å². The molecule has 0 spiro atoms.